The van der Waals surface area contributed by atoms with Crippen molar-refractivity contribution in [3.63, 3.8) is 0 Å². The Hall–Kier alpha value is -2.89. The molecular formula is C15H12FN3O2. The Morgan fingerprint density at radius 2 is 1.95 bits per heavy atom. The zero-order chi connectivity index (χ0) is 14.7. The number of halogens is 1. The number of hydrogen-bond acceptors (Lipinski definition) is 5. The second kappa shape index (κ2) is 5.62. The molecule has 0 aliphatic heterocycles. The fourth-order valence-corrected chi connectivity index (χ4v) is 1.85. The van der Waals surface area contributed by atoms with Crippen molar-refractivity contribution in [1.82, 2.24) is 10.2 Å². The van der Waals surface area contributed by atoms with Gasteiger partial charge in [0.2, 0.25) is 5.89 Å². The number of nitrogens with two attached hydrogens (primary N) is 1. The van der Waals surface area contributed by atoms with Crippen LogP contribution in [0.15, 0.2) is 52.9 Å². The average Bonchev–Trinajstić information content (AvgIpc) is 2.93. The van der Waals surface area contributed by atoms with Crippen LogP contribution in [0.2, 0.25) is 0 Å². The van der Waals surface area contributed by atoms with Gasteiger partial charge in [0.15, 0.2) is 0 Å². The Bertz CT molecular complexity index is 758. The fourth-order valence-electron chi connectivity index (χ4n) is 1.85. The van der Waals surface area contributed by atoms with Gasteiger partial charge in [0.05, 0.1) is 0 Å². The van der Waals surface area contributed by atoms with Gasteiger partial charge in [0.25, 0.3) is 0 Å². The summed E-state index contributed by atoms with van der Waals surface area (Å²) in [6.45, 7) is 0.141. The van der Waals surface area contributed by atoms with Crippen LogP contribution in [-0.4, -0.2) is 10.2 Å². The van der Waals surface area contributed by atoms with Gasteiger partial charge < -0.3 is 14.9 Å². The van der Waals surface area contributed by atoms with Crippen LogP contribution in [0.3, 0.4) is 0 Å². The van der Waals surface area contributed by atoms with Gasteiger partial charge >= 0.3 is 6.01 Å². The highest BCUT2D eigenvalue weighted by molar-refractivity contribution is 5.55. The number of aromatic nitrogens is 2. The lowest BCUT2D eigenvalue weighted by Crippen LogP contribution is -1.98. The van der Waals surface area contributed by atoms with Crippen molar-refractivity contribution >= 4 is 6.01 Å². The quantitative estimate of drug-likeness (QED) is 0.797. The van der Waals surface area contributed by atoms with E-state index in [1.54, 1.807) is 42.5 Å². The van der Waals surface area contributed by atoms with Crippen LogP contribution in [-0.2, 0) is 6.61 Å². The second-order valence-electron chi connectivity index (χ2n) is 4.35. The van der Waals surface area contributed by atoms with E-state index in [9.17, 15) is 4.39 Å². The summed E-state index contributed by atoms with van der Waals surface area (Å²) in [6, 6.07) is 13.6. The van der Waals surface area contributed by atoms with Crippen LogP contribution in [0.4, 0.5) is 10.4 Å². The third kappa shape index (κ3) is 3.00. The normalized spacial score (nSPS) is 10.5. The topological polar surface area (TPSA) is 74.2 Å². The molecular weight excluding hydrogens is 273 g/mol. The van der Waals surface area contributed by atoms with Crippen molar-refractivity contribution in [2.45, 2.75) is 6.61 Å². The maximum absolute atomic E-state index is 13.5. The Kier molecular flexibility index (Phi) is 3.51. The summed E-state index contributed by atoms with van der Waals surface area (Å²) in [5, 5.41) is 7.40. The summed E-state index contributed by atoms with van der Waals surface area (Å²) in [7, 11) is 0. The van der Waals surface area contributed by atoms with E-state index in [0.717, 1.165) is 0 Å². The monoisotopic (exact) mass is 285 g/mol. The van der Waals surface area contributed by atoms with Crippen molar-refractivity contribution in [3.05, 3.63) is 59.9 Å². The van der Waals surface area contributed by atoms with Crippen LogP contribution in [0.25, 0.3) is 11.5 Å². The van der Waals surface area contributed by atoms with Gasteiger partial charge in [-0.05, 0) is 24.3 Å². The molecule has 2 aromatic carbocycles. The standard InChI is InChI=1S/C15H12FN3O2/c16-13-7-2-1-4-11(13)9-20-12-6-3-5-10(8-12)14-18-19-15(17)21-14/h1-8H,9H2,(H2,17,19). The maximum atomic E-state index is 13.5. The predicted octanol–water partition coefficient (Wildman–Crippen LogP) is 3.04. The molecule has 0 radical (unpaired) electrons. The zero-order valence-corrected chi connectivity index (χ0v) is 11.0. The molecule has 6 heteroatoms. The molecule has 106 valence electrons. The minimum atomic E-state index is -0.293. The molecule has 0 bridgehead atoms. The van der Waals surface area contributed by atoms with E-state index >= 15 is 0 Å². The number of anilines is 1. The third-order valence-corrected chi connectivity index (χ3v) is 2.87. The number of nitrogen functional groups attached to an aromatic ring is 1. The molecule has 0 saturated carbocycles. The Morgan fingerprint density at radius 1 is 1.10 bits per heavy atom. The summed E-state index contributed by atoms with van der Waals surface area (Å²) < 4.78 is 24.2. The minimum absolute atomic E-state index is 0.00248. The van der Waals surface area contributed by atoms with E-state index < -0.39 is 0 Å². The van der Waals surface area contributed by atoms with Crippen LogP contribution in [0.5, 0.6) is 5.75 Å². The van der Waals surface area contributed by atoms with E-state index in [1.807, 2.05) is 0 Å². The second-order valence-corrected chi connectivity index (χ2v) is 4.35. The molecule has 0 spiro atoms. The number of ether oxygens (including phenoxy) is 1. The molecule has 0 unspecified atom stereocenters. The molecule has 0 saturated heterocycles. The zero-order valence-electron chi connectivity index (χ0n) is 11.0. The third-order valence-electron chi connectivity index (χ3n) is 2.87. The summed E-state index contributed by atoms with van der Waals surface area (Å²) >= 11 is 0. The van der Waals surface area contributed by atoms with E-state index in [1.165, 1.54) is 6.07 Å². The lowest BCUT2D eigenvalue weighted by Gasteiger charge is -2.07. The van der Waals surface area contributed by atoms with E-state index in [-0.39, 0.29) is 18.4 Å². The Labute approximate surface area is 120 Å². The van der Waals surface area contributed by atoms with Gasteiger partial charge in [0.1, 0.15) is 18.2 Å². The van der Waals surface area contributed by atoms with E-state index in [0.29, 0.717) is 22.8 Å². The molecule has 21 heavy (non-hydrogen) atoms. The lowest BCUT2D eigenvalue weighted by molar-refractivity contribution is 0.300. The molecule has 5 nitrogen and oxygen atoms in total. The van der Waals surface area contributed by atoms with Crippen molar-refractivity contribution < 1.29 is 13.5 Å². The lowest BCUT2D eigenvalue weighted by atomic mass is 10.2. The first kappa shape index (κ1) is 13.1. The van der Waals surface area contributed by atoms with Gasteiger partial charge in [0, 0.05) is 11.1 Å². The smallest absolute Gasteiger partial charge is 0.313 e. The highest BCUT2D eigenvalue weighted by atomic mass is 19.1. The Morgan fingerprint density at radius 3 is 2.71 bits per heavy atom. The van der Waals surface area contributed by atoms with Crippen molar-refractivity contribution in [3.8, 4) is 17.2 Å². The van der Waals surface area contributed by atoms with Crippen LogP contribution >= 0.6 is 0 Å². The van der Waals surface area contributed by atoms with Crippen molar-refractivity contribution in [2.75, 3.05) is 5.73 Å². The summed E-state index contributed by atoms with van der Waals surface area (Å²) in [6.07, 6.45) is 0. The highest BCUT2D eigenvalue weighted by Gasteiger charge is 2.08. The first-order chi connectivity index (χ1) is 10.2. The minimum Gasteiger partial charge on any atom is -0.489 e. The molecule has 2 N–H and O–H groups in total. The number of benzene rings is 2. The average molecular weight is 285 g/mol. The molecule has 3 aromatic rings. The first-order valence-corrected chi connectivity index (χ1v) is 6.28. The Balaban J connectivity index is 1.76. The van der Waals surface area contributed by atoms with E-state index in [2.05, 4.69) is 10.2 Å². The number of rotatable bonds is 4. The van der Waals surface area contributed by atoms with E-state index in [4.69, 9.17) is 14.9 Å². The van der Waals surface area contributed by atoms with Gasteiger partial charge in [-0.15, -0.1) is 5.10 Å². The molecule has 0 aliphatic rings. The molecule has 0 amide bonds. The highest BCUT2D eigenvalue weighted by Crippen LogP contribution is 2.24. The molecule has 1 heterocycles. The fraction of sp³-hybridized carbons (Fsp3) is 0.0667. The number of nitrogens with zero attached hydrogens (tertiary/aromatic N) is 2. The molecule has 1 aromatic heterocycles. The molecule has 3 rings (SSSR count). The summed E-state index contributed by atoms with van der Waals surface area (Å²) in [5.41, 5.74) is 6.57. The van der Waals surface area contributed by atoms with Gasteiger partial charge in [-0.3, -0.25) is 0 Å². The van der Waals surface area contributed by atoms with Gasteiger partial charge in [-0.25, -0.2) is 4.39 Å². The molecule has 0 fully saturated rings. The van der Waals surface area contributed by atoms with Crippen molar-refractivity contribution in [2.24, 2.45) is 0 Å². The van der Waals surface area contributed by atoms with Gasteiger partial charge in [-0.2, -0.15) is 0 Å². The number of hydrogen-bond donors (Lipinski definition) is 1. The van der Waals surface area contributed by atoms with Crippen LogP contribution in [0.1, 0.15) is 5.56 Å². The van der Waals surface area contributed by atoms with Crippen LogP contribution in [0, 0.1) is 5.82 Å². The maximum Gasteiger partial charge on any atom is 0.313 e. The first-order valence-electron chi connectivity index (χ1n) is 6.28. The molecule has 0 atom stereocenters. The van der Waals surface area contributed by atoms with Crippen molar-refractivity contribution in [1.29, 1.82) is 0 Å². The van der Waals surface area contributed by atoms with Gasteiger partial charge in [-0.1, -0.05) is 29.4 Å². The van der Waals surface area contributed by atoms with Crippen LogP contribution < -0.4 is 10.5 Å². The molecule has 0 aliphatic carbocycles. The SMILES string of the molecule is Nc1nnc(-c2cccc(OCc3ccccc3F)c2)o1. The largest absolute Gasteiger partial charge is 0.489 e. The predicted molar refractivity (Wildman–Crippen MR) is 74.9 cm³/mol. The summed E-state index contributed by atoms with van der Waals surface area (Å²) in [5.74, 6) is 0.592. The summed E-state index contributed by atoms with van der Waals surface area (Å²) in [4.78, 5) is 0.